The molecule has 6 nitrogen and oxygen atoms in total. The highest BCUT2D eigenvalue weighted by molar-refractivity contribution is 7.99. The Morgan fingerprint density at radius 3 is 2.32 bits per heavy atom. The first kappa shape index (κ1) is 18.9. The van der Waals surface area contributed by atoms with E-state index in [2.05, 4.69) is 37.2 Å². The van der Waals surface area contributed by atoms with Gasteiger partial charge in [0.15, 0.2) is 5.96 Å². The monoisotopic (exact) mass is 330 g/mol. The third-order valence-electron chi connectivity index (χ3n) is 3.60. The lowest BCUT2D eigenvalue weighted by Crippen LogP contribution is -2.54. The molecule has 0 aromatic carbocycles. The average Bonchev–Trinajstić information content (AvgIpc) is 2.52. The van der Waals surface area contributed by atoms with Crippen LogP contribution in [0.25, 0.3) is 0 Å². The van der Waals surface area contributed by atoms with E-state index in [1.807, 2.05) is 18.7 Å². The van der Waals surface area contributed by atoms with Crippen LogP contribution in [0.2, 0.25) is 0 Å². The number of hydrogen-bond acceptors (Lipinski definition) is 4. The van der Waals surface area contributed by atoms with Crippen LogP contribution in [0, 0.1) is 0 Å². The molecule has 1 fully saturated rings. The van der Waals surface area contributed by atoms with Crippen LogP contribution in [0.1, 0.15) is 27.7 Å². The van der Waals surface area contributed by atoms with Gasteiger partial charge in [0.05, 0.1) is 13.2 Å². The Hall–Kier alpha value is -1.11. The largest absolute Gasteiger partial charge is 0.450 e. The number of amides is 1. The predicted molar refractivity (Wildman–Crippen MR) is 93.7 cm³/mol. The Balaban J connectivity index is 2.60. The lowest BCUT2D eigenvalue weighted by atomic mass is 10.2. The highest BCUT2D eigenvalue weighted by Crippen LogP contribution is 2.21. The van der Waals surface area contributed by atoms with Gasteiger partial charge < -0.3 is 19.9 Å². The van der Waals surface area contributed by atoms with Gasteiger partial charge in [0, 0.05) is 37.5 Å². The summed E-state index contributed by atoms with van der Waals surface area (Å²) in [5, 5.41) is 3.35. The average molecular weight is 330 g/mol. The van der Waals surface area contributed by atoms with Crippen LogP contribution in [0.5, 0.6) is 0 Å². The molecule has 1 amide bonds. The van der Waals surface area contributed by atoms with Gasteiger partial charge in [-0.05, 0) is 34.0 Å². The van der Waals surface area contributed by atoms with Crippen molar-refractivity contribution in [2.45, 2.75) is 32.4 Å². The van der Waals surface area contributed by atoms with E-state index in [0.717, 1.165) is 32.1 Å². The number of piperazine rings is 1. The second-order valence-corrected chi connectivity index (χ2v) is 7.32. The molecule has 0 spiro atoms. The molecule has 7 heteroatoms. The minimum atomic E-state index is -0.215. The Labute approximate surface area is 138 Å². The molecule has 1 saturated heterocycles. The lowest BCUT2D eigenvalue weighted by molar-refractivity contribution is 0.0914. The van der Waals surface area contributed by atoms with Crippen LogP contribution < -0.4 is 5.32 Å². The molecule has 128 valence electrons. The molecule has 0 aliphatic carbocycles. The van der Waals surface area contributed by atoms with Crippen molar-refractivity contribution < 1.29 is 9.53 Å². The van der Waals surface area contributed by atoms with Gasteiger partial charge in [0.1, 0.15) is 0 Å². The second kappa shape index (κ2) is 9.12. The van der Waals surface area contributed by atoms with Crippen LogP contribution in [0.4, 0.5) is 4.79 Å². The summed E-state index contributed by atoms with van der Waals surface area (Å²) in [5.74, 6) is 0.938. The van der Waals surface area contributed by atoms with Crippen molar-refractivity contribution in [3.8, 4) is 0 Å². The zero-order chi connectivity index (χ0) is 16.6. The summed E-state index contributed by atoms with van der Waals surface area (Å²) in [5.41, 5.74) is 0. The van der Waals surface area contributed by atoms with Gasteiger partial charge in [-0.1, -0.05) is 0 Å². The highest BCUT2D eigenvalue weighted by atomic mass is 32.2. The molecule has 0 bridgehead atoms. The molecule has 1 aliphatic rings. The molecular weight excluding hydrogens is 300 g/mol. The minimum Gasteiger partial charge on any atom is -0.450 e. The molecule has 1 N–H and O–H groups in total. The van der Waals surface area contributed by atoms with E-state index >= 15 is 0 Å². The van der Waals surface area contributed by atoms with E-state index in [1.54, 1.807) is 4.90 Å². The van der Waals surface area contributed by atoms with Crippen molar-refractivity contribution in [2.75, 3.05) is 52.1 Å². The number of carbonyl (C=O) groups is 1. The number of rotatable bonds is 5. The molecule has 0 saturated carbocycles. The summed E-state index contributed by atoms with van der Waals surface area (Å²) in [7, 11) is 0. The minimum absolute atomic E-state index is 0.132. The van der Waals surface area contributed by atoms with E-state index in [0.29, 0.717) is 19.7 Å². The van der Waals surface area contributed by atoms with Crippen LogP contribution in [-0.2, 0) is 4.74 Å². The maximum Gasteiger partial charge on any atom is 0.409 e. The number of nitrogens with zero attached hydrogens (tertiary/aromatic N) is 3. The molecule has 0 aromatic rings. The summed E-state index contributed by atoms with van der Waals surface area (Å²) in [6, 6.07) is 0. The smallest absolute Gasteiger partial charge is 0.409 e. The highest BCUT2D eigenvalue weighted by Gasteiger charge is 2.24. The molecule has 1 aliphatic heterocycles. The number of thioether (sulfide) groups is 1. The predicted octanol–water partition coefficient (Wildman–Crippen LogP) is 1.87. The Morgan fingerprint density at radius 2 is 1.82 bits per heavy atom. The summed E-state index contributed by atoms with van der Waals surface area (Å²) < 4.78 is 5.18. The molecule has 0 radical (unpaired) electrons. The van der Waals surface area contributed by atoms with Gasteiger partial charge >= 0.3 is 6.09 Å². The summed E-state index contributed by atoms with van der Waals surface area (Å²) in [6.45, 7) is 13.3. The van der Waals surface area contributed by atoms with Gasteiger partial charge in [-0.3, -0.25) is 4.99 Å². The first-order chi connectivity index (χ1) is 10.4. The zero-order valence-electron chi connectivity index (χ0n) is 14.5. The molecule has 1 heterocycles. The zero-order valence-corrected chi connectivity index (χ0v) is 15.3. The number of guanidine groups is 1. The van der Waals surface area contributed by atoms with Crippen molar-refractivity contribution in [1.82, 2.24) is 15.1 Å². The molecule has 1 rings (SSSR count). The van der Waals surface area contributed by atoms with Crippen LogP contribution in [-0.4, -0.2) is 78.7 Å². The number of carbonyl (C=O) groups excluding carboxylic acids is 1. The number of nitrogens with one attached hydrogen (secondary N) is 1. The van der Waals surface area contributed by atoms with Crippen molar-refractivity contribution in [2.24, 2.45) is 4.99 Å². The van der Waals surface area contributed by atoms with E-state index in [1.165, 1.54) is 0 Å². The van der Waals surface area contributed by atoms with Gasteiger partial charge in [-0.25, -0.2) is 4.79 Å². The number of ether oxygens (including phenoxy) is 1. The first-order valence-corrected chi connectivity index (χ1v) is 9.16. The van der Waals surface area contributed by atoms with Crippen molar-refractivity contribution in [3.63, 3.8) is 0 Å². The Bertz CT molecular complexity index is 380. The molecule has 0 aromatic heterocycles. The van der Waals surface area contributed by atoms with E-state index in [9.17, 15) is 4.79 Å². The van der Waals surface area contributed by atoms with E-state index in [4.69, 9.17) is 9.73 Å². The van der Waals surface area contributed by atoms with Crippen molar-refractivity contribution in [3.05, 3.63) is 0 Å². The van der Waals surface area contributed by atoms with Crippen molar-refractivity contribution >= 4 is 23.8 Å². The normalized spacial score (nSPS) is 16.7. The molecule has 0 unspecified atom stereocenters. The van der Waals surface area contributed by atoms with E-state index < -0.39 is 0 Å². The van der Waals surface area contributed by atoms with Crippen LogP contribution in [0.15, 0.2) is 4.99 Å². The fourth-order valence-corrected chi connectivity index (χ4v) is 2.26. The van der Waals surface area contributed by atoms with Gasteiger partial charge in [-0.15, -0.1) is 0 Å². The third-order valence-corrected chi connectivity index (χ3v) is 4.84. The molecular formula is C15H30N4O2S. The maximum absolute atomic E-state index is 11.7. The second-order valence-electron chi connectivity index (χ2n) is 5.81. The summed E-state index contributed by atoms with van der Waals surface area (Å²) >= 11 is 1.82. The Kier molecular flexibility index (Phi) is 7.85. The fraction of sp³-hybridized carbons (Fsp3) is 0.867. The quantitative estimate of drug-likeness (QED) is 0.616. The number of aliphatic imine (C=N–C) groups is 1. The topological polar surface area (TPSA) is 57.2 Å². The standard InChI is InChI=1S/C15H30N4O2S/c1-6-16-13(17-12-15(3,4)22-5)18-8-10-19(11-9-18)14(20)21-7-2/h6-12H2,1-5H3,(H,16,17). The maximum atomic E-state index is 11.7. The van der Waals surface area contributed by atoms with Gasteiger partial charge in [0.2, 0.25) is 0 Å². The third kappa shape index (κ3) is 5.94. The summed E-state index contributed by atoms with van der Waals surface area (Å²) in [4.78, 5) is 20.5. The van der Waals surface area contributed by atoms with E-state index in [-0.39, 0.29) is 10.8 Å². The van der Waals surface area contributed by atoms with Gasteiger partial charge in [0.25, 0.3) is 0 Å². The van der Waals surface area contributed by atoms with Crippen LogP contribution >= 0.6 is 11.8 Å². The fourth-order valence-electron chi connectivity index (χ4n) is 2.07. The molecule has 22 heavy (non-hydrogen) atoms. The Morgan fingerprint density at radius 1 is 1.23 bits per heavy atom. The first-order valence-electron chi connectivity index (χ1n) is 7.93. The molecule has 0 atom stereocenters. The summed E-state index contributed by atoms with van der Waals surface area (Å²) in [6.07, 6.45) is 1.90. The van der Waals surface area contributed by atoms with Crippen LogP contribution in [0.3, 0.4) is 0 Å². The van der Waals surface area contributed by atoms with Crippen molar-refractivity contribution in [1.29, 1.82) is 0 Å². The van der Waals surface area contributed by atoms with Gasteiger partial charge in [-0.2, -0.15) is 11.8 Å². The lowest BCUT2D eigenvalue weighted by Gasteiger charge is -2.36. The SMILES string of the molecule is CCNC(=NCC(C)(C)SC)N1CCN(C(=O)OCC)CC1. The number of hydrogen-bond donors (Lipinski definition) is 1.